The predicted molar refractivity (Wildman–Crippen MR) is 90.8 cm³/mol. The molecule has 0 N–H and O–H groups in total. The van der Waals surface area contributed by atoms with Crippen LogP contribution in [0, 0.1) is 5.41 Å². The number of fused-ring (bicyclic) bond motifs is 1. The highest BCUT2D eigenvalue weighted by molar-refractivity contribution is 7.82. The van der Waals surface area contributed by atoms with E-state index in [1.165, 1.54) is 22.3 Å². The van der Waals surface area contributed by atoms with Gasteiger partial charge in [-0.15, -0.1) is 0 Å². The SMILES string of the molecule is CC1(C)CC2(S)c3ccccc3C1(S)c1ccccc12. The van der Waals surface area contributed by atoms with Crippen LogP contribution in [0.2, 0.25) is 0 Å². The molecule has 0 radical (unpaired) electrons. The smallest absolute Gasteiger partial charge is 0.0685 e. The van der Waals surface area contributed by atoms with Crippen molar-refractivity contribution in [3.8, 4) is 0 Å². The Morgan fingerprint density at radius 1 is 0.750 bits per heavy atom. The van der Waals surface area contributed by atoms with Crippen molar-refractivity contribution in [1.29, 1.82) is 0 Å². The van der Waals surface area contributed by atoms with E-state index in [0.29, 0.717) is 0 Å². The molecule has 3 aliphatic rings. The topological polar surface area (TPSA) is 0 Å². The van der Waals surface area contributed by atoms with E-state index in [0.717, 1.165) is 6.42 Å². The van der Waals surface area contributed by atoms with Gasteiger partial charge in [-0.1, -0.05) is 62.4 Å². The molecule has 2 heteroatoms. The van der Waals surface area contributed by atoms with Gasteiger partial charge >= 0.3 is 0 Å². The zero-order valence-corrected chi connectivity index (χ0v) is 13.5. The van der Waals surface area contributed by atoms with E-state index in [1.54, 1.807) is 0 Å². The maximum Gasteiger partial charge on any atom is 0.0685 e. The summed E-state index contributed by atoms with van der Waals surface area (Å²) in [5.41, 5.74) is 5.38. The van der Waals surface area contributed by atoms with Crippen molar-refractivity contribution in [2.24, 2.45) is 5.41 Å². The van der Waals surface area contributed by atoms with E-state index >= 15 is 0 Å². The lowest BCUT2D eigenvalue weighted by atomic mass is 9.52. The van der Waals surface area contributed by atoms with Crippen LogP contribution in [-0.2, 0) is 9.49 Å². The van der Waals surface area contributed by atoms with Gasteiger partial charge in [0.1, 0.15) is 0 Å². The lowest BCUT2D eigenvalue weighted by Crippen LogP contribution is -2.54. The minimum Gasteiger partial charge on any atom is -0.163 e. The molecule has 0 heterocycles. The average molecular weight is 298 g/mol. The molecule has 0 spiro atoms. The van der Waals surface area contributed by atoms with Crippen molar-refractivity contribution in [3.63, 3.8) is 0 Å². The standard InChI is InChI=1S/C18H18S2/c1-16(2)11-17(19)12-7-3-5-9-14(12)18(16,20)15-10-6-4-8-13(15)17/h3-10,19-20H,11H2,1-2H3. The third kappa shape index (κ3) is 1.23. The monoisotopic (exact) mass is 298 g/mol. The Labute approximate surface area is 131 Å². The van der Waals surface area contributed by atoms with Gasteiger partial charge in [-0.2, -0.15) is 25.3 Å². The van der Waals surface area contributed by atoms with Crippen LogP contribution in [-0.4, -0.2) is 0 Å². The summed E-state index contributed by atoms with van der Waals surface area (Å²) in [6, 6.07) is 17.4. The van der Waals surface area contributed by atoms with Crippen molar-refractivity contribution in [2.45, 2.75) is 29.8 Å². The van der Waals surface area contributed by atoms with Crippen LogP contribution >= 0.6 is 25.3 Å². The molecule has 0 unspecified atom stereocenters. The number of hydrogen-bond acceptors (Lipinski definition) is 2. The molecular weight excluding hydrogens is 280 g/mol. The summed E-state index contributed by atoms with van der Waals surface area (Å²) in [5, 5.41) is 0. The lowest BCUT2D eigenvalue weighted by molar-refractivity contribution is 0.201. The molecule has 0 aliphatic heterocycles. The maximum absolute atomic E-state index is 5.23. The number of rotatable bonds is 0. The molecule has 2 bridgehead atoms. The van der Waals surface area contributed by atoms with Gasteiger partial charge in [-0.25, -0.2) is 0 Å². The largest absolute Gasteiger partial charge is 0.163 e. The van der Waals surface area contributed by atoms with E-state index in [4.69, 9.17) is 25.3 Å². The van der Waals surface area contributed by atoms with Gasteiger partial charge in [0, 0.05) is 0 Å². The molecule has 2 aromatic rings. The van der Waals surface area contributed by atoms with Crippen LogP contribution < -0.4 is 0 Å². The third-order valence-electron chi connectivity index (χ3n) is 5.20. The quantitative estimate of drug-likeness (QED) is 0.643. The Kier molecular flexibility index (Phi) is 2.35. The first kappa shape index (κ1) is 12.8. The molecule has 102 valence electrons. The van der Waals surface area contributed by atoms with Gasteiger partial charge in [-0.05, 0) is 34.1 Å². The third-order valence-corrected chi connectivity index (χ3v) is 6.93. The molecule has 0 saturated carbocycles. The van der Waals surface area contributed by atoms with Gasteiger partial charge in [0.25, 0.3) is 0 Å². The molecule has 2 aromatic carbocycles. The van der Waals surface area contributed by atoms with E-state index in [2.05, 4.69) is 62.4 Å². The molecule has 0 amide bonds. The van der Waals surface area contributed by atoms with Crippen molar-refractivity contribution in [1.82, 2.24) is 0 Å². The van der Waals surface area contributed by atoms with Crippen LogP contribution in [0.1, 0.15) is 42.5 Å². The molecule has 0 aromatic heterocycles. The van der Waals surface area contributed by atoms with E-state index < -0.39 is 0 Å². The molecule has 0 atom stereocenters. The second kappa shape index (κ2) is 3.66. The van der Waals surface area contributed by atoms with Crippen molar-refractivity contribution in [3.05, 3.63) is 70.8 Å². The molecule has 0 fully saturated rings. The Morgan fingerprint density at radius 3 is 1.60 bits per heavy atom. The number of thiol groups is 2. The molecule has 0 nitrogen and oxygen atoms in total. The Hall–Kier alpha value is -0.860. The second-order valence-electron chi connectivity index (χ2n) is 6.72. The minimum atomic E-state index is -0.231. The zero-order valence-electron chi connectivity index (χ0n) is 11.7. The predicted octanol–water partition coefficient (Wildman–Crippen LogP) is 4.78. The summed E-state index contributed by atoms with van der Waals surface area (Å²) in [6.07, 6.45) is 1.01. The van der Waals surface area contributed by atoms with Gasteiger partial charge in [0.15, 0.2) is 0 Å². The first-order chi connectivity index (χ1) is 9.41. The zero-order chi connectivity index (χ0) is 14.2. The maximum atomic E-state index is 5.23. The normalized spacial score (nSPS) is 32.6. The average Bonchev–Trinajstić information content (AvgIpc) is 2.43. The second-order valence-corrected chi connectivity index (χ2v) is 8.16. The van der Waals surface area contributed by atoms with Gasteiger partial charge < -0.3 is 0 Å². The van der Waals surface area contributed by atoms with Crippen LogP contribution in [0.4, 0.5) is 0 Å². The summed E-state index contributed by atoms with van der Waals surface area (Å²) < 4.78 is -0.425. The van der Waals surface area contributed by atoms with Gasteiger partial charge in [0.2, 0.25) is 0 Å². The van der Waals surface area contributed by atoms with E-state index in [9.17, 15) is 0 Å². The highest BCUT2D eigenvalue weighted by Crippen LogP contribution is 2.69. The molecule has 3 aliphatic carbocycles. The minimum absolute atomic E-state index is 0.0700. The lowest BCUT2D eigenvalue weighted by Gasteiger charge is -2.60. The Bertz CT molecular complexity index is 667. The molecule has 5 rings (SSSR count). The van der Waals surface area contributed by atoms with Crippen molar-refractivity contribution >= 4 is 25.3 Å². The fourth-order valence-electron chi connectivity index (χ4n) is 4.30. The highest BCUT2D eigenvalue weighted by atomic mass is 32.1. The van der Waals surface area contributed by atoms with Crippen molar-refractivity contribution in [2.75, 3.05) is 0 Å². The summed E-state index contributed by atoms with van der Waals surface area (Å²) in [4.78, 5) is 0. The van der Waals surface area contributed by atoms with Crippen LogP contribution in [0.15, 0.2) is 48.5 Å². The fraction of sp³-hybridized carbons (Fsp3) is 0.333. The first-order valence-electron chi connectivity index (χ1n) is 7.06. The summed E-state index contributed by atoms with van der Waals surface area (Å²) in [7, 11) is 0. The van der Waals surface area contributed by atoms with Gasteiger partial charge in [-0.3, -0.25) is 0 Å². The van der Waals surface area contributed by atoms with Crippen molar-refractivity contribution < 1.29 is 0 Å². The number of benzene rings is 2. The summed E-state index contributed by atoms with van der Waals surface area (Å²) >= 11 is 10.4. The first-order valence-corrected chi connectivity index (χ1v) is 7.95. The molecule has 20 heavy (non-hydrogen) atoms. The van der Waals surface area contributed by atoms with E-state index in [-0.39, 0.29) is 14.9 Å². The summed E-state index contributed by atoms with van der Waals surface area (Å²) in [5.74, 6) is 0. The van der Waals surface area contributed by atoms with Crippen LogP contribution in [0.25, 0.3) is 0 Å². The Balaban J connectivity index is 2.20. The van der Waals surface area contributed by atoms with Crippen LogP contribution in [0.5, 0.6) is 0 Å². The molecule has 0 saturated heterocycles. The highest BCUT2D eigenvalue weighted by Gasteiger charge is 2.61. The van der Waals surface area contributed by atoms with Gasteiger partial charge in [0.05, 0.1) is 9.49 Å². The fourth-order valence-corrected chi connectivity index (χ4v) is 5.55. The molecular formula is C18H18S2. The van der Waals surface area contributed by atoms with Crippen LogP contribution in [0.3, 0.4) is 0 Å². The number of hydrogen-bond donors (Lipinski definition) is 2. The summed E-state index contributed by atoms with van der Waals surface area (Å²) in [6.45, 7) is 4.63. The van der Waals surface area contributed by atoms with E-state index in [1.807, 2.05) is 0 Å². The Morgan fingerprint density at radius 2 is 1.15 bits per heavy atom.